The van der Waals surface area contributed by atoms with Crippen LogP contribution in [0.1, 0.15) is 36.8 Å². The van der Waals surface area contributed by atoms with E-state index in [1.54, 1.807) is 0 Å². The van der Waals surface area contributed by atoms with Crippen LogP contribution in [0.25, 0.3) is 0 Å². The monoisotopic (exact) mass is 324 g/mol. The minimum atomic E-state index is 0.643. The smallest absolute Gasteiger partial charge is 0.0659 e. The van der Waals surface area contributed by atoms with Gasteiger partial charge in [-0.25, -0.2) is 0 Å². The first kappa shape index (κ1) is 15.9. The molecule has 2 aliphatic rings. The maximum absolute atomic E-state index is 4.31. The van der Waals surface area contributed by atoms with Gasteiger partial charge in [0.1, 0.15) is 0 Å². The van der Waals surface area contributed by atoms with Gasteiger partial charge < -0.3 is 5.32 Å². The lowest BCUT2D eigenvalue weighted by atomic mass is 9.71. The number of nitrogens with zero attached hydrogens (tertiary/aromatic N) is 3. The van der Waals surface area contributed by atoms with Gasteiger partial charge in [-0.3, -0.25) is 9.58 Å². The van der Waals surface area contributed by atoms with E-state index in [0.29, 0.717) is 5.41 Å². The summed E-state index contributed by atoms with van der Waals surface area (Å²) in [5.41, 5.74) is 3.41. The molecule has 4 nitrogen and oxygen atoms in total. The zero-order valence-electron chi connectivity index (χ0n) is 14.5. The summed E-state index contributed by atoms with van der Waals surface area (Å²) in [6, 6.07) is 11.0. The number of likely N-dealkylation sites (tertiary alicyclic amines) is 1. The van der Waals surface area contributed by atoms with E-state index in [0.717, 1.165) is 13.1 Å². The SMILES string of the molecule is c1cc(CN2CCC3(CCNCC3)CC2)cc(Cn2cccn2)c1. The standard InChI is InChI=1S/C20H28N4/c1-3-18(15-19(4-1)17-24-12-2-9-22-24)16-23-13-7-20(8-14-23)5-10-21-11-6-20/h1-4,9,12,15,21H,5-8,10-11,13-14,16-17H2. The largest absolute Gasteiger partial charge is 0.317 e. The summed E-state index contributed by atoms with van der Waals surface area (Å²) in [4.78, 5) is 2.64. The van der Waals surface area contributed by atoms with Gasteiger partial charge in [-0.05, 0) is 74.5 Å². The van der Waals surface area contributed by atoms with Crippen LogP contribution in [0, 0.1) is 5.41 Å². The molecule has 0 aliphatic carbocycles. The molecule has 3 heterocycles. The Morgan fingerprint density at radius 2 is 1.71 bits per heavy atom. The predicted molar refractivity (Wildman–Crippen MR) is 96.8 cm³/mol. The average Bonchev–Trinajstić information content (AvgIpc) is 3.11. The molecule has 4 rings (SSSR count). The predicted octanol–water partition coefficient (Wildman–Crippen LogP) is 2.90. The van der Waals surface area contributed by atoms with Gasteiger partial charge in [-0.1, -0.05) is 24.3 Å². The van der Waals surface area contributed by atoms with Gasteiger partial charge >= 0.3 is 0 Å². The Bertz CT molecular complexity index is 633. The Balaban J connectivity index is 1.34. The molecule has 4 heteroatoms. The Labute approximate surface area is 144 Å². The van der Waals surface area contributed by atoms with Crippen molar-refractivity contribution in [1.82, 2.24) is 20.0 Å². The lowest BCUT2D eigenvalue weighted by Crippen LogP contribution is -2.45. The molecule has 0 radical (unpaired) electrons. The second-order valence-corrected chi connectivity index (χ2v) is 7.55. The number of rotatable bonds is 4. The first-order valence-electron chi connectivity index (χ1n) is 9.30. The number of hydrogen-bond acceptors (Lipinski definition) is 3. The molecule has 0 amide bonds. The molecule has 0 atom stereocenters. The number of piperidine rings is 2. The molecule has 2 aromatic rings. The van der Waals surface area contributed by atoms with Crippen molar-refractivity contribution in [2.24, 2.45) is 5.41 Å². The number of aromatic nitrogens is 2. The molecule has 24 heavy (non-hydrogen) atoms. The summed E-state index contributed by atoms with van der Waals surface area (Å²) in [7, 11) is 0. The molecule has 1 aromatic heterocycles. The summed E-state index contributed by atoms with van der Waals surface area (Å²) in [5.74, 6) is 0. The van der Waals surface area contributed by atoms with E-state index in [9.17, 15) is 0 Å². The molecule has 2 fully saturated rings. The molecule has 1 aromatic carbocycles. The van der Waals surface area contributed by atoms with E-state index >= 15 is 0 Å². The van der Waals surface area contributed by atoms with Crippen LogP contribution < -0.4 is 5.32 Å². The highest BCUT2D eigenvalue weighted by atomic mass is 15.3. The average molecular weight is 324 g/mol. The van der Waals surface area contributed by atoms with E-state index < -0.39 is 0 Å². The molecular weight excluding hydrogens is 296 g/mol. The lowest BCUT2D eigenvalue weighted by Gasteiger charge is -2.44. The van der Waals surface area contributed by atoms with Crippen LogP contribution in [0.4, 0.5) is 0 Å². The molecule has 0 bridgehead atoms. The lowest BCUT2D eigenvalue weighted by molar-refractivity contribution is 0.0701. The fourth-order valence-corrected chi connectivity index (χ4v) is 4.31. The van der Waals surface area contributed by atoms with Crippen LogP contribution in [0.2, 0.25) is 0 Å². The highest BCUT2D eigenvalue weighted by molar-refractivity contribution is 5.23. The zero-order chi connectivity index (χ0) is 16.2. The maximum Gasteiger partial charge on any atom is 0.0659 e. The second kappa shape index (κ2) is 7.08. The summed E-state index contributed by atoms with van der Waals surface area (Å²) >= 11 is 0. The van der Waals surface area contributed by atoms with Crippen LogP contribution in [0.15, 0.2) is 42.7 Å². The summed E-state index contributed by atoms with van der Waals surface area (Å²) < 4.78 is 1.99. The molecular formula is C20H28N4. The van der Waals surface area contributed by atoms with E-state index in [1.807, 2.05) is 23.1 Å². The van der Waals surface area contributed by atoms with Crippen molar-refractivity contribution in [3.05, 3.63) is 53.9 Å². The fraction of sp³-hybridized carbons (Fsp3) is 0.550. The van der Waals surface area contributed by atoms with Gasteiger partial charge in [0.25, 0.3) is 0 Å². The normalized spacial score (nSPS) is 21.2. The van der Waals surface area contributed by atoms with Crippen molar-refractivity contribution in [1.29, 1.82) is 0 Å². The second-order valence-electron chi connectivity index (χ2n) is 7.55. The molecule has 2 aliphatic heterocycles. The topological polar surface area (TPSA) is 33.1 Å². The number of nitrogens with one attached hydrogen (secondary N) is 1. The fourth-order valence-electron chi connectivity index (χ4n) is 4.31. The van der Waals surface area contributed by atoms with Crippen molar-refractivity contribution in [3.8, 4) is 0 Å². The summed E-state index contributed by atoms with van der Waals surface area (Å²) in [6.07, 6.45) is 9.37. The molecule has 0 unspecified atom stereocenters. The minimum absolute atomic E-state index is 0.643. The minimum Gasteiger partial charge on any atom is -0.317 e. The van der Waals surface area contributed by atoms with Crippen molar-refractivity contribution in [3.63, 3.8) is 0 Å². The van der Waals surface area contributed by atoms with Crippen LogP contribution in [0.5, 0.6) is 0 Å². The quantitative estimate of drug-likeness (QED) is 0.939. The highest BCUT2D eigenvalue weighted by Crippen LogP contribution is 2.39. The van der Waals surface area contributed by atoms with Crippen molar-refractivity contribution >= 4 is 0 Å². The van der Waals surface area contributed by atoms with Crippen molar-refractivity contribution in [2.45, 2.75) is 38.8 Å². The van der Waals surface area contributed by atoms with E-state index in [2.05, 4.69) is 39.6 Å². The van der Waals surface area contributed by atoms with Crippen LogP contribution in [-0.4, -0.2) is 40.9 Å². The zero-order valence-corrected chi connectivity index (χ0v) is 14.5. The first-order chi connectivity index (χ1) is 11.8. The number of benzene rings is 1. The maximum atomic E-state index is 4.31. The van der Waals surface area contributed by atoms with Gasteiger partial charge in [-0.2, -0.15) is 5.10 Å². The third kappa shape index (κ3) is 3.70. The van der Waals surface area contributed by atoms with Gasteiger partial charge in [0.15, 0.2) is 0 Å². The Morgan fingerprint density at radius 1 is 0.958 bits per heavy atom. The summed E-state index contributed by atoms with van der Waals surface area (Å²) in [6.45, 7) is 6.88. The van der Waals surface area contributed by atoms with Gasteiger partial charge in [-0.15, -0.1) is 0 Å². The van der Waals surface area contributed by atoms with E-state index in [1.165, 1.54) is 63.0 Å². The van der Waals surface area contributed by atoms with Crippen LogP contribution >= 0.6 is 0 Å². The number of hydrogen-bond donors (Lipinski definition) is 1. The molecule has 128 valence electrons. The van der Waals surface area contributed by atoms with Crippen LogP contribution in [0.3, 0.4) is 0 Å². The van der Waals surface area contributed by atoms with Crippen LogP contribution in [-0.2, 0) is 13.1 Å². The molecule has 2 saturated heterocycles. The van der Waals surface area contributed by atoms with E-state index in [4.69, 9.17) is 0 Å². The third-order valence-electron chi connectivity index (χ3n) is 5.88. The molecule has 1 spiro atoms. The third-order valence-corrected chi connectivity index (χ3v) is 5.88. The Hall–Kier alpha value is -1.65. The molecule has 1 N–H and O–H groups in total. The highest BCUT2D eigenvalue weighted by Gasteiger charge is 2.35. The summed E-state index contributed by atoms with van der Waals surface area (Å²) in [5, 5.41) is 7.82. The van der Waals surface area contributed by atoms with Crippen molar-refractivity contribution in [2.75, 3.05) is 26.2 Å². The Morgan fingerprint density at radius 3 is 2.42 bits per heavy atom. The molecule has 0 saturated carbocycles. The van der Waals surface area contributed by atoms with Gasteiger partial charge in [0.2, 0.25) is 0 Å². The van der Waals surface area contributed by atoms with Crippen molar-refractivity contribution < 1.29 is 0 Å². The van der Waals surface area contributed by atoms with Gasteiger partial charge in [0.05, 0.1) is 6.54 Å². The Kier molecular flexibility index (Phi) is 4.67. The van der Waals surface area contributed by atoms with Gasteiger partial charge in [0, 0.05) is 18.9 Å². The first-order valence-corrected chi connectivity index (χ1v) is 9.30. The van der Waals surface area contributed by atoms with E-state index in [-0.39, 0.29) is 0 Å².